The monoisotopic (exact) mass is 418 g/mol. The summed E-state index contributed by atoms with van der Waals surface area (Å²) in [5.41, 5.74) is 1.60. The molecule has 2 heterocycles. The molecular weight excluding hydrogens is 402 g/mol. The summed E-state index contributed by atoms with van der Waals surface area (Å²) in [7, 11) is -4.32. The molecule has 6 nitrogen and oxygen atoms in total. The summed E-state index contributed by atoms with van der Waals surface area (Å²) in [5, 5.41) is 0. The van der Waals surface area contributed by atoms with Gasteiger partial charge in [0.2, 0.25) is 0 Å². The zero-order valence-electron chi connectivity index (χ0n) is 15.1. The highest BCUT2D eigenvalue weighted by atomic mass is 32.2. The maximum atomic E-state index is 13.9. The van der Waals surface area contributed by atoms with Crippen LogP contribution in [0.4, 0.5) is 20.2 Å². The number of benzene rings is 2. The standard InChI is InChI=1S/C20H16F2N2O4S/c21-14-5-7-16(22)19(12-14)29(26,27)23-15-6-8-17-13(11-15)3-1-9-24(17)20(25)18-4-2-10-28-18/h2,4-8,10-12,23H,1,3,9H2. The largest absolute Gasteiger partial charge is 0.459 e. The van der Waals surface area contributed by atoms with E-state index in [9.17, 15) is 22.0 Å². The van der Waals surface area contributed by atoms with Gasteiger partial charge in [0, 0.05) is 17.9 Å². The van der Waals surface area contributed by atoms with Gasteiger partial charge < -0.3 is 9.32 Å². The second-order valence-electron chi connectivity index (χ2n) is 6.56. The van der Waals surface area contributed by atoms with Crippen LogP contribution in [0, 0.1) is 11.6 Å². The molecule has 0 aliphatic carbocycles. The van der Waals surface area contributed by atoms with Crippen molar-refractivity contribution >= 4 is 27.3 Å². The van der Waals surface area contributed by atoms with Crippen LogP contribution in [0.15, 0.2) is 64.1 Å². The number of nitrogens with zero attached hydrogens (tertiary/aromatic N) is 1. The molecule has 0 bridgehead atoms. The molecule has 3 aromatic rings. The predicted molar refractivity (Wildman–Crippen MR) is 102 cm³/mol. The molecule has 150 valence electrons. The number of nitrogens with one attached hydrogen (secondary N) is 1. The molecule has 1 aliphatic rings. The van der Waals surface area contributed by atoms with Crippen LogP contribution in [0.3, 0.4) is 0 Å². The van der Waals surface area contributed by atoms with Crippen LogP contribution in [0.25, 0.3) is 0 Å². The quantitative estimate of drug-likeness (QED) is 0.696. The molecule has 4 rings (SSSR count). The van der Waals surface area contributed by atoms with Gasteiger partial charge >= 0.3 is 0 Å². The topological polar surface area (TPSA) is 79.6 Å². The van der Waals surface area contributed by atoms with Gasteiger partial charge in [-0.2, -0.15) is 0 Å². The summed E-state index contributed by atoms with van der Waals surface area (Å²) in [6.07, 6.45) is 2.75. The van der Waals surface area contributed by atoms with Gasteiger partial charge in [-0.25, -0.2) is 17.2 Å². The Balaban J connectivity index is 1.63. The fourth-order valence-corrected chi connectivity index (χ4v) is 4.44. The molecular formula is C20H16F2N2O4S. The molecule has 0 radical (unpaired) electrons. The number of furan rings is 1. The number of sulfonamides is 1. The minimum atomic E-state index is -4.32. The van der Waals surface area contributed by atoms with Gasteiger partial charge in [-0.3, -0.25) is 9.52 Å². The van der Waals surface area contributed by atoms with Crippen LogP contribution in [0.5, 0.6) is 0 Å². The Labute approximate surface area is 165 Å². The second kappa shape index (κ2) is 7.32. The molecule has 1 aromatic heterocycles. The fourth-order valence-electron chi connectivity index (χ4n) is 3.30. The van der Waals surface area contributed by atoms with Gasteiger partial charge in [0.1, 0.15) is 16.5 Å². The normalized spacial score (nSPS) is 13.8. The van der Waals surface area contributed by atoms with E-state index >= 15 is 0 Å². The van der Waals surface area contributed by atoms with Gasteiger partial charge in [0.15, 0.2) is 5.76 Å². The van der Waals surface area contributed by atoms with E-state index in [1.54, 1.807) is 29.2 Å². The lowest BCUT2D eigenvalue weighted by Gasteiger charge is -2.29. The highest BCUT2D eigenvalue weighted by Gasteiger charge is 2.26. The molecule has 1 aliphatic heterocycles. The molecule has 9 heteroatoms. The number of aryl methyl sites for hydroxylation is 1. The summed E-state index contributed by atoms with van der Waals surface area (Å²) in [6, 6.07) is 10.1. The molecule has 29 heavy (non-hydrogen) atoms. The van der Waals surface area contributed by atoms with Crippen molar-refractivity contribution in [2.24, 2.45) is 0 Å². The first-order chi connectivity index (χ1) is 13.8. The molecule has 0 unspecified atom stereocenters. The van der Waals surface area contributed by atoms with Crippen LogP contribution < -0.4 is 9.62 Å². The fraction of sp³-hybridized carbons (Fsp3) is 0.150. The van der Waals surface area contributed by atoms with Crippen LogP contribution in [0.2, 0.25) is 0 Å². The van der Waals surface area contributed by atoms with Crippen LogP contribution in [-0.4, -0.2) is 20.9 Å². The molecule has 0 fully saturated rings. The van der Waals surface area contributed by atoms with Crippen molar-refractivity contribution in [1.82, 2.24) is 0 Å². The first-order valence-corrected chi connectivity index (χ1v) is 10.3. The number of halogens is 2. The number of anilines is 2. The maximum absolute atomic E-state index is 13.9. The molecule has 0 saturated heterocycles. The Hall–Kier alpha value is -3.20. The summed E-state index contributed by atoms with van der Waals surface area (Å²) in [6.45, 7) is 0.506. The Morgan fingerprint density at radius 1 is 1.10 bits per heavy atom. The van der Waals surface area contributed by atoms with E-state index in [1.165, 1.54) is 12.3 Å². The molecule has 1 N–H and O–H groups in total. The maximum Gasteiger partial charge on any atom is 0.293 e. The van der Waals surface area contributed by atoms with Crippen molar-refractivity contribution in [2.45, 2.75) is 17.7 Å². The van der Waals surface area contributed by atoms with Crippen LogP contribution in [-0.2, 0) is 16.4 Å². The number of hydrogen-bond acceptors (Lipinski definition) is 4. The van der Waals surface area contributed by atoms with E-state index in [1.807, 2.05) is 0 Å². The number of carbonyl (C=O) groups excluding carboxylic acids is 1. The molecule has 2 aromatic carbocycles. The smallest absolute Gasteiger partial charge is 0.293 e. The van der Waals surface area contributed by atoms with Gasteiger partial charge in [-0.1, -0.05) is 0 Å². The lowest BCUT2D eigenvalue weighted by Crippen LogP contribution is -2.35. The third-order valence-electron chi connectivity index (χ3n) is 4.61. The van der Waals surface area contributed by atoms with Crippen molar-refractivity contribution in [2.75, 3.05) is 16.2 Å². The lowest BCUT2D eigenvalue weighted by molar-refractivity contribution is 0.0958. The Kier molecular flexibility index (Phi) is 4.83. The Morgan fingerprint density at radius 2 is 1.93 bits per heavy atom. The Morgan fingerprint density at radius 3 is 2.69 bits per heavy atom. The summed E-state index contributed by atoms with van der Waals surface area (Å²) < 4.78 is 59.6. The third kappa shape index (κ3) is 3.73. The van der Waals surface area contributed by atoms with Crippen LogP contribution in [0.1, 0.15) is 22.5 Å². The summed E-state index contributed by atoms with van der Waals surface area (Å²) in [5.74, 6) is -1.98. The third-order valence-corrected chi connectivity index (χ3v) is 6.01. The number of carbonyl (C=O) groups is 1. The average Bonchev–Trinajstić information content (AvgIpc) is 3.23. The number of fused-ring (bicyclic) bond motifs is 1. The average molecular weight is 418 g/mol. The van der Waals surface area contributed by atoms with E-state index in [0.29, 0.717) is 31.1 Å². The van der Waals surface area contributed by atoms with Gasteiger partial charge in [0.25, 0.3) is 15.9 Å². The van der Waals surface area contributed by atoms with Gasteiger partial charge in [-0.15, -0.1) is 0 Å². The van der Waals surface area contributed by atoms with E-state index in [4.69, 9.17) is 4.42 Å². The number of hydrogen-bond donors (Lipinski definition) is 1. The SMILES string of the molecule is O=C(c1ccco1)N1CCCc2cc(NS(=O)(=O)c3cc(F)ccc3F)ccc21. The van der Waals surface area contributed by atoms with Crippen molar-refractivity contribution in [3.05, 3.63) is 77.8 Å². The highest BCUT2D eigenvalue weighted by molar-refractivity contribution is 7.92. The highest BCUT2D eigenvalue weighted by Crippen LogP contribution is 2.32. The van der Waals surface area contributed by atoms with Crippen molar-refractivity contribution in [3.8, 4) is 0 Å². The first-order valence-electron chi connectivity index (χ1n) is 8.81. The van der Waals surface area contributed by atoms with E-state index in [2.05, 4.69) is 4.72 Å². The first kappa shape index (κ1) is 19.1. The van der Waals surface area contributed by atoms with Crippen molar-refractivity contribution in [3.63, 3.8) is 0 Å². The number of rotatable bonds is 4. The minimum Gasteiger partial charge on any atom is -0.459 e. The lowest BCUT2D eigenvalue weighted by atomic mass is 10.0. The van der Waals surface area contributed by atoms with Crippen molar-refractivity contribution in [1.29, 1.82) is 0 Å². The van der Waals surface area contributed by atoms with E-state index < -0.39 is 26.6 Å². The second-order valence-corrected chi connectivity index (χ2v) is 8.21. The molecule has 0 spiro atoms. The van der Waals surface area contributed by atoms with Crippen LogP contribution >= 0.6 is 0 Å². The van der Waals surface area contributed by atoms with Gasteiger partial charge in [0.05, 0.1) is 6.26 Å². The predicted octanol–water partition coefficient (Wildman–Crippen LogP) is 3.95. The molecule has 0 atom stereocenters. The Bertz CT molecular complexity index is 1180. The van der Waals surface area contributed by atoms with Gasteiger partial charge in [-0.05, 0) is 66.9 Å². The summed E-state index contributed by atoms with van der Waals surface area (Å²) in [4.78, 5) is 13.4. The molecule has 1 amide bonds. The minimum absolute atomic E-state index is 0.194. The van der Waals surface area contributed by atoms with E-state index in [0.717, 1.165) is 17.7 Å². The zero-order chi connectivity index (χ0) is 20.6. The van der Waals surface area contributed by atoms with Crippen molar-refractivity contribution < 1.29 is 26.4 Å². The number of amides is 1. The zero-order valence-corrected chi connectivity index (χ0v) is 15.9. The molecule has 0 saturated carbocycles. The van der Waals surface area contributed by atoms with E-state index in [-0.39, 0.29) is 17.4 Å². The summed E-state index contributed by atoms with van der Waals surface area (Å²) >= 11 is 0.